The fourth-order valence-corrected chi connectivity index (χ4v) is 3.23. The summed E-state index contributed by atoms with van der Waals surface area (Å²) in [6.07, 6.45) is 4.44. The van der Waals surface area contributed by atoms with Gasteiger partial charge in [0, 0.05) is 19.2 Å². The van der Waals surface area contributed by atoms with Crippen LogP contribution in [0.5, 0.6) is 5.75 Å². The number of ether oxygens (including phenoxy) is 1. The van der Waals surface area contributed by atoms with Gasteiger partial charge in [-0.15, -0.1) is 0 Å². The van der Waals surface area contributed by atoms with Crippen molar-refractivity contribution in [3.63, 3.8) is 0 Å². The highest BCUT2D eigenvalue weighted by Gasteiger charge is 2.16. The third kappa shape index (κ3) is 4.29. The number of likely N-dealkylation sites (tertiary alicyclic amines) is 1. The summed E-state index contributed by atoms with van der Waals surface area (Å²) in [5.41, 5.74) is 7.95. The van der Waals surface area contributed by atoms with E-state index in [1.165, 1.54) is 25.9 Å². The molecular formula is C19H28N4O. The maximum Gasteiger partial charge on any atom is 0.120 e. The first-order valence-electron chi connectivity index (χ1n) is 8.81. The van der Waals surface area contributed by atoms with Crippen molar-refractivity contribution in [2.75, 3.05) is 39.8 Å². The molecule has 1 aromatic rings. The van der Waals surface area contributed by atoms with Crippen molar-refractivity contribution in [2.24, 2.45) is 16.6 Å². The Kier molecular flexibility index (Phi) is 5.41. The molecule has 5 nitrogen and oxygen atoms in total. The summed E-state index contributed by atoms with van der Waals surface area (Å²) in [7, 11) is 2.03. The van der Waals surface area contributed by atoms with Crippen LogP contribution in [0.4, 0.5) is 0 Å². The van der Waals surface area contributed by atoms with Gasteiger partial charge in [0.05, 0.1) is 18.4 Å². The van der Waals surface area contributed by atoms with Crippen molar-refractivity contribution >= 4 is 11.5 Å². The van der Waals surface area contributed by atoms with Crippen LogP contribution in [0.3, 0.4) is 0 Å². The predicted molar refractivity (Wildman–Crippen MR) is 99.0 cm³/mol. The summed E-state index contributed by atoms with van der Waals surface area (Å²) in [4.78, 5) is 8.85. The van der Waals surface area contributed by atoms with E-state index in [2.05, 4.69) is 33.8 Å². The lowest BCUT2D eigenvalue weighted by atomic mass is 9.99. The van der Waals surface area contributed by atoms with Gasteiger partial charge in [-0.3, -0.25) is 4.90 Å². The molecule has 2 N–H and O–H groups in total. The molecule has 0 atom stereocenters. The Labute approximate surface area is 144 Å². The predicted octanol–water partition coefficient (Wildman–Crippen LogP) is 2.40. The van der Waals surface area contributed by atoms with Gasteiger partial charge in [0.25, 0.3) is 0 Å². The lowest BCUT2D eigenvalue weighted by molar-refractivity contribution is 0.160. The van der Waals surface area contributed by atoms with Crippen LogP contribution in [-0.4, -0.2) is 55.5 Å². The van der Waals surface area contributed by atoms with E-state index >= 15 is 0 Å². The topological polar surface area (TPSA) is 54.1 Å². The zero-order valence-electron chi connectivity index (χ0n) is 14.7. The molecule has 0 spiro atoms. The summed E-state index contributed by atoms with van der Waals surface area (Å²) in [5, 5.41) is 0. The number of benzene rings is 1. The maximum absolute atomic E-state index is 5.98. The molecule has 0 radical (unpaired) electrons. The van der Waals surface area contributed by atoms with Crippen LogP contribution in [0.15, 0.2) is 35.5 Å². The van der Waals surface area contributed by atoms with Gasteiger partial charge in [0.15, 0.2) is 0 Å². The van der Waals surface area contributed by atoms with Crippen LogP contribution in [0.25, 0.3) is 5.70 Å². The molecule has 2 heterocycles. The van der Waals surface area contributed by atoms with Gasteiger partial charge in [-0.1, -0.05) is 19.1 Å². The normalized spacial score (nSPS) is 19.8. The van der Waals surface area contributed by atoms with Gasteiger partial charge >= 0.3 is 0 Å². The molecule has 2 aliphatic rings. The van der Waals surface area contributed by atoms with Crippen LogP contribution in [0, 0.1) is 5.92 Å². The Balaban J connectivity index is 1.56. The average molecular weight is 328 g/mol. The minimum absolute atomic E-state index is 0.643. The van der Waals surface area contributed by atoms with Crippen molar-refractivity contribution in [1.82, 2.24) is 9.80 Å². The summed E-state index contributed by atoms with van der Waals surface area (Å²) in [6, 6.07) is 8.21. The Bertz CT molecular complexity index is 618. The fourth-order valence-electron chi connectivity index (χ4n) is 3.23. The zero-order valence-corrected chi connectivity index (χ0v) is 14.7. The maximum atomic E-state index is 5.98. The van der Waals surface area contributed by atoms with Crippen molar-refractivity contribution in [3.8, 4) is 5.75 Å². The monoisotopic (exact) mass is 328 g/mol. The van der Waals surface area contributed by atoms with E-state index in [0.29, 0.717) is 12.4 Å². The average Bonchev–Trinajstić information content (AvgIpc) is 2.57. The largest absolute Gasteiger partial charge is 0.492 e. The van der Waals surface area contributed by atoms with E-state index in [-0.39, 0.29) is 0 Å². The second-order valence-corrected chi connectivity index (χ2v) is 6.89. The van der Waals surface area contributed by atoms with Gasteiger partial charge in [-0.05, 0) is 44.0 Å². The van der Waals surface area contributed by atoms with Crippen LogP contribution < -0.4 is 10.5 Å². The molecule has 0 saturated carbocycles. The van der Waals surface area contributed by atoms with Gasteiger partial charge < -0.3 is 15.4 Å². The standard InChI is InChI=1S/C19H28N4O/c1-15-6-8-23(9-7-15)10-11-24-17-5-3-4-16(12-17)18-13-21-19(20)14-22(18)2/h3-5,12-13,15H,6-11,14H2,1-2H3,(H2,20,21). The van der Waals surface area contributed by atoms with Crippen LogP contribution in [-0.2, 0) is 0 Å². The highest BCUT2D eigenvalue weighted by Crippen LogP contribution is 2.24. The van der Waals surface area contributed by atoms with E-state index in [9.17, 15) is 0 Å². The third-order valence-corrected chi connectivity index (χ3v) is 4.85. The fraction of sp³-hybridized carbons (Fsp3) is 0.526. The van der Waals surface area contributed by atoms with E-state index in [0.717, 1.165) is 36.1 Å². The molecule has 0 bridgehead atoms. The molecule has 5 heteroatoms. The molecule has 0 unspecified atom stereocenters. The highest BCUT2D eigenvalue weighted by atomic mass is 16.5. The first kappa shape index (κ1) is 16.8. The first-order valence-corrected chi connectivity index (χ1v) is 8.81. The van der Waals surface area contributed by atoms with Gasteiger partial charge in [-0.2, -0.15) is 0 Å². The second-order valence-electron chi connectivity index (χ2n) is 6.89. The molecular weight excluding hydrogens is 300 g/mol. The molecule has 0 aliphatic carbocycles. The Morgan fingerprint density at radius 1 is 1.29 bits per heavy atom. The lowest BCUT2D eigenvalue weighted by Crippen LogP contribution is -2.35. The number of hydrogen-bond donors (Lipinski definition) is 1. The number of rotatable bonds is 5. The highest BCUT2D eigenvalue weighted by molar-refractivity contribution is 5.87. The number of piperidine rings is 1. The van der Waals surface area contributed by atoms with E-state index in [1.807, 2.05) is 25.4 Å². The molecule has 0 amide bonds. The molecule has 3 rings (SSSR count). The van der Waals surface area contributed by atoms with Gasteiger partial charge in [-0.25, -0.2) is 4.99 Å². The number of nitrogens with two attached hydrogens (primary N) is 1. The van der Waals surface area contributed by atoms with Crippen molar-refractivity contribution < 1.29 is 4.74 Å². The Hall–Kier alpha value is -2.01. The first-order chi connectivity index (χ1) is 11.6. The SMILES string of the molecule is CC1CCN(CCOc2cccc(C3=CN=C(N)CN3C)c2)CC1. The number of nitrogens with zero attached hydrogens (tertiary/aromatic N) is 3. The van der Waals surface area contributed by atoms with Gasteiger partial charge in [0.2, 0.25) is 0 Å². The van der Waals surface area contributed by atoms with Crippen molar-refractivity contribution in [2.45, 2.75) is 19.8 Å². The second kappa shape index (κ2) is 7.71. The Morgan fingerprint density at radius 2 is 2.08 bits per heavy atom. The molecule has 24 heavy (non-hydrogen) atoms. The van der Waals surface area contributed by atoms with E-state index < -0.39 is 0 Å². The lowest BCUT2D eigenvalue weighted by Gasteiger charge is -2.30. The Morgan fingerprint density at radius 3 is 2.83 bits per heavy atom. The molecule has 130 valence electrons. The van der Waals surface area contributed by atoms with Crippen LogP contribution in [0.1, 0.15) is 25.3 Å². The van der Waals surface area contributed by atoms with Gasteiger partial charge in [0.1, 0.15) is 18.2 Å². The number of hydrogen-bond acceptors (Lipinski definition) is 5. The van der Waals surface area contributed by atoms with Crippen LogP contribution >= 0.6 is 0 Å². The molecule has 1 aromatic carbocycles. The summed E-state index contributed by atoms with van der Waals surface area (Å²) < 4.78 is 5.98. The zero-order chi connectivity index (χ0) is 16.9. The van der Waals surface area contributed by atoms with Crippen molar-refractivity contribution in [1.29, 1.82) is 0 Å². The molecule has 1 saturated heterocycles. The quantitative estimate of drug-likeness (QED) is 0.902. The summed E-state index contributed by atoms with van der Waals surface area (Å²) >= 11 is 0. The smallest absolute Gasteiger partial charge is 0.120 e. The van der Waals surface area contributed by atoms with E-state index in [1.54, 1.807) is 0 Å². The number of amidine groups is 1. The molecule has 0 aromatic heterocycles. The molecule has 2 aliphatic heterocycles. The molecule has 1 fully saturated rings. The number of aliphatic imine (C=N–C) groups is 1. The van der Waals surface area contributed by atoms with Crippen LogP contribution in [0.2, 0.25) is 0 Å². The minimum Gasteiger partial charge on any atom is -0.492 e. The summed E-state index contributed by atoms with van der Waals surface area (Å²) in [6.45, 7) is 7.12. The third-order valence-electron chi connectivity index (χ3n) is 4.85. The minimum atomic E-state index is 0.643. The summed E-state index contributed by atoms with van der Waals surface area (Å²) in [5.74, 6) is 2.43. The van der Waals surface area contributed by atoms with Crippen molar-refractivity contribution in [3.05, 3.63) is 36.0 Å². The number of likely N-dealkylation sites (N-methyl/N-ethyl adjacent to an activating group) is 1. The van der Waals surface area contributed by atoms with E-state index in [4.69, 9.17) is 10.5 Å².